The van der Waals surface area contributed by atoms with Crippen molar-refractivity contribution < 1.29 is 4.79 Å². The van der Waals surface area contributed by atoms with Crippen LogP contribution in [0.1, 0.15) is 40.0 Å². The first-order valence-corrected chi connectivity index (χ1v) is 7.02. The molecule has 2 rings (SSSR count). The zero-order valence-electron chi connectivity index (χ0n) is 11.3. The van der Waals surface area contributed by atoms with E-state index in [4.69, 9.17) is 5.73 Å². The van der Waals surface area contributed by atoms with Gasteiger partial charge in [-0.2, -0.15) is 0 Å². The molecule has 5 unspecified atom stereocenters. The monoisotopic (exact) mass is 238 g/mol. The molecule has 1 amide bonds. The van der Waals surface area contributed by atoms with E-state index in [9.17, 15) is 4.79 Å². The second kappa shape index (κ2) is 4.97. The smallest absolute Gasteiger partial charge is 0.223 e. The van der Waals surface area contributed by atoms with Gasteiger partial charge in [0, 0.05) is 18.5 Å². The normalized spacial score (nSPS) is 37.5. The van der Waals surface area contributed by atoms with Gasteiger partial charge in [-0.05, 0) is 42.9 Å². The number of nitrogens with one attached hydrogen (secondary N) is 1. The Morgan fingerprint density at radius 1 is 1.29 bits per heavy atom. The number of hydrogen-bond donors (Lipinski definition) is 2. The summed E-state index contributed by atoms with van der Waals surface area (Å²) in [6.07, 6.45) is 3.70. The predicted octanol–water partition coefficient (Wildman–Crippen LogP) is 1.77. The number of carbonyl (C=O) groups excluding carboxylic acids is 1. The molecule has 2 saturated carbocycles. The van der Waals surface area contributed by atoms with Crippen molar-refractivity contribution in [3.8, 4) is 0 Å². The molecule has 0 aliphatic heterocycles. The van der Waals surface area contributed by atoms with Gasteiger partial charge in [0.25, 0.3) is 0 Å². The lowest BCUT2D eigenvalue weighted by molar-refractivity contribution is -0.125. The molecule has 17 heavy (non-hydrogen) atoms. The second-order valence-electron chi connectivity index (χ2n) is 6.44. The van der Waals surface area contributed by atoms with Crippen molar-refractivity contribution in [1.82, 2.24) is 5.32 Å². The van der Waals surface area contributed by atoms with Gasteiger partial charge in [-0.3, -0.25) is 4.79 Å². The highest BCUT2D eigenvalue weighted by Crippen LogP contribution is 2.48. The molecule has 2 fully saturated rings. The van der Waals surface area contributed by atoms with Crippen molar-refractivity contribution >= 4 is 5.91 Å². The van der Waals surface area contributed by atoms with E-state index in [0.29, 0.717) is 17.9 Å². The molecule has 0 aromatic heterocycles. The Morgan fingerprint density at radius 3 is 2.53 bits per heavy atom. The molecule has 0 aromatic rings. The van der Waals surface area contributed by atoms with Crippen LogP contribution in [-0.4, -0.2) is 18.5 Å². The van der Waals surface area contributed by atoms with Crippen LogP contribution in [0.5, 0.6) is 0 Å². The van der Waals surface area contributed by atoms with E-state index in [1.165, 1.54) is 19.3 Å². The van der Waals surface area contributed by atoms with Gasteiger partial charge >= 0.3 is 0 Å². The summed E-state index contributed by atoms with van der Waals surface area (Å²) in [5.74, 6) is 3.03. The molecule has 3 nitrogen and oxygen atoms in total. The largest absolute Gasteiger partial charge is 0.356 e. The quantitative estimate of drug-likeness (QED) is 0.784. The molecule has 0 spiro atoms. The first-order valence-electron chi connectivity index (χ1n) is 7.02. The number of carbonyl (C=O) groups is 1. The van der Waals surface area contributed by atoms with Gasteiger partial charge in [0.15, 0.2) is 0 Å². The Hall–Kier alpha value is -0.570. The molecule has 2 aliphatic rings. The maximum absolute atomic E-state index is 11.8. The molecule has 5 atom stereocenters. The molecule has 2 aliphatic carbocycles. The summed E-state index contributed by atoms with van der Waals surface area (Å²) in [5, 5.41) is 3.11. The molecular formula is C14H26N2O. The summed E-state index contributed by atoms with van der Waals surface area (Å²) in [6, 6.07) is 0.440. The fraction of sp³-hybridized carbons (Fsp3) is 0.929. The second-order valence-corrected chi connectivity index (χ2v) is 6.44. The first-order chi connectivity index (χ1) is 7.99. The Kier molecular flexibility index (Phi) is 3.76. The summed E-state index contributed by atoms with van der Waals surface area (Å²) < 4.78 is 0. The Bertz CT molecular complexity index is 290. The average molecular weight is 238 g/mol. The van der Waals surface area contributed by atoms with E-state index in [1.54, 1.807) is 0 Å². The summed E-state index contributed by atoms with van der Waals surface area (Å²) in [6.45, 7) is 7.06. The molecule has 3 N–H and O–H groups in total. The molecule has 3 heteroatoms. The summed E-state index contributed by atoms with van der Waals surface area (Å²) in [5.41, 5.74) is 5.98. The van der Waals surface area contributed by atoms with Crippen LogP contribution in [0.15, 0.2) is 0 Å². The fourth-order valence-corrected chi connectivity index (χ4v) is 3.28. The van der Waals surface area contributed by atoms with E-state index in [-0.39, 0.29) is 11.8 Å². The lowest BCUT2D eigenvalue weighted by Gasteiger charge is -2.37. The van der Waals surface area contributed by atoms with Crippen molar-refractivity contribution in [3.63, 3.8) is 0 Å². The highest BCUT2D eigenvalue weighted by atomic mass is 16.1. The molecule has 0 bridgehead atoms. The zero-order valence-corrected chi connectivity index (χ0v) is 11.3. The average Bonchev–Trinajstić information content (AvgIpc) is 2.61. The van der Waals surface area contributed by atoms with Gasteiger partial charge in [0.2, 0.25) is 5.91 Å². The minimum absolute atomic E-state index is 0.121. The Morgan fingerprint density at radius 2 is 2.00 bits per heavy atom. The fourth-order valence-electron chi connectivity index (χ4n) is 3.28. The van der Waals surface area contributed by atoms with Crippen molar-refractivity contribution in [2.24, 2.45) is 35.3 Å². The van der Waals surface area contributed by atoms with Crippen molar-refractivity contribution in [3.05, 3.63) is 0 Å². The van der Waals surface area contributed by atoms with Gasteiger partial charge in [-0.15, -0.1) is 0 Å². The number of fused-ring (bicyclic) bond motifs is 1. The lowest BCUT2D eigenvalue weighted by atomic mass is 9.72. The van der Waals surface area contributed by atoms with Gasteiger partial charge in [-0.25, -0.2) is 0 Å². The molecular weight excluding hydrogens is 212 g/mol. The highest BCUT2D eigenvalue weighted by molar-refractivity contribution is 5.78. The van der Waals surface area contributed by atoms with Crippen LogP contribution in [0.2, 0.25) is 0 Å². The van der Waals surface area contributed by atoms with Crippen LogP contribution in [0.25, 0.3) is 0 Å². The summed E-state index contributed by atoms with van der Waals surface area (Å²) >= 11 is 0. The van der Waals surface area contributed by atoms with Gasteiger partial charge in [0.1, 0.15) is 0 Å². The number of rotatable bonds is 4. The number of nitrogens with two attached hydrogens (primary N) is 1. The molecule has 0 radical (unpaired) electrons. The minimum atomic E-state index is 0.121. The van der Waals surface area contributed by atoms with Crippen LogP contribution >= 0.6 is 0 Å². The van der Waals surface area contributed by atoms with Gasteiger partial charge in [-0.1, -0.05) is 20.8 Å². The van der Waals surface area contributed by atoms with Crippen LogP contribution in [-0.2, 0) is 4.79 Å². The number of hydrogen-bond acceptors (Lipinski definition) is 2. The highest BCUT2D eigenvalue weighted by Gasteiger charge is 2.45. The topological polar surface area (TPSA) is 55.1 Å². The maximum Gasteiger partial charge on any atom is 0.223 e. The molecule has 0 saturated heterocycles. The van der Waals surface area contributed by atoms with Crippen LogP contribution in [0, 0.1) is 29.6 Å². The van der Waals surface area contributed by atoms with Crippen LogP contribution in [0.3, 0.4) is 0 Å². The summed E-state index contributed by atoms with van der Waals surface area (Å²) in [4.78, 5) is 11.8. The third kappa shape index (κ3) is 2.65. The van der Waals surface area contributed by atoms with Crippen molar-refractivity contribution in [2.45, 2.75) is 46.1 Å². The molecule has 0 aromatic carbocycles. The standard InChI is InChI=1S/C14H26N2O/c1-8(2)9(3)14(17)16-7-10-4-11-6-13(15)12(11)5-10/h8-13H,4-7,15H2,1-3H3,(H,16,17). The van der Waals surface area contributed by atoms with Crippen LogP contribution in [0.4, 0.5) is 0 Å². The van der Waals surface area contributed by atoms with Crippen molar-refractivity contribution in [2.75, 3.05) is 6.54 Å². The number of amides is 1. The Labute approximate surface area is 105 Å². The SMILES string of the molecule is CC(C)C(C)C(=O)NCC1CC2CC(N)C2C1. The summed E-state index contributed by atoms with van der Waals surface area (Å²) in [7, 11) is 0. The van der Waals surface area contributed by atoms with E-state index < -0.39 is 0 Å². The van der Waals surface area contributed by atoms with E-state index in [1.807, 2.05) is 6.92 Å². The van der Waals surface area contributed by atoms with E-state index >= 15 is 0 Å². The predicted molar refractivity (Wildman–Crippen MR) is 69.3 cm³/mol. The molecule has 98 valence electrons. The van der Waals surface area contributed by atoms with Crippen molar-refractivity contribution in [1.29, 1.82) is 0 Å². The molecule has 0 heterocycles. The zero-order chi connectivity index (χ0) is 12.6. The third-order valence-electron chi connectivity index (χ3n) is 4.95. The van der Waals surface area contributed by atoms with Crippen LogP contribution < -0.4 is 11.1 Å². The first kappa shape index (κ1) is 12.9. The third-order valence-corrected chi connectivity index (χ3v) is 4.95. The lowest BCUT2D eigenvalue weighted by Crippen LogP contribution is -2.44. The van der Waals surface area contributed by atoms with Gasteiger partial charge in [0.05, 0.1) is 0 Å². The Balaban J connectivity index is 1.71. The maximum atomic E-state index is 11.8. The van der Waals surface area contributed by atoms with Gasteiger partial charge < -0.3 is 11.1 Å². The van der Waals surface area contributed by atoms with E-state index in [2.05, 4.69) is 19.2 Å². The van der Waals surface area contributed by atoms with E-state index in [0.717, 1.165) is 18.4 Å². The minimum Gasteiger partial charge on any atom is -0.356 e.